The average molecular weight is 419 g/mol. The zero-order valence-corrected chi connectivity index (χ0v) is 15.0. The fourth-order valence-corrected chi connectivity index (χ4v) is 2.03. The van der Waals surface area contributed by atoms with E-state index in [0.717, 1.165) is 29.8 Å². The minimum atomic E-state index is 0. The van der Waals surface area contributed by atoms with E-state index in [-0.39, 0.29) is 30.8 Å². The lowest BCUT2D eigenvalue weighted by Crippen LogP contribution is -2.38. The number of nitrogens with one attached hydrogen (secondary N) is 2. The van der Waals surface area contributed by atoms with Crippen molar-refractivity contribution in [1.82, 2.24) is 10.6 Å². The highest BCUT2D eigenvalue weighted by molar-refractivity contribution is 14.0. The van der Waals surface area contributed by atoms with Gasteiger partial charge in [-0.25, -0.2) is 4.99 Å². The third kappa shape index (κ3) is 4.82. The molecule has 0 saturated heterocycles. The van der Waals surface area contributed by atoms with Crippen LogP contribution in [0.15, 0.2) is 23.2 Å². The molecule has 1 saturated carbocycles. The largest absolute Gasteiger partial charge is 0.492 e. The maximum absolute atomic E-state index is 5.68. The Morgan fingerprint density at radius 2 is 2.14 bits per heavy atom. The molecule has 122 valence electrons. The molecule has 6 nitrogen and oxygen atoms in total. The Hall–Kier alpha value is -1.38. The fraction of sp³-hybridized carbons (Fsp3) is 0.533. The van der Waals surface area contributed by atoms with Crippen molar-refractivity contribution >= 4 is 29.9 Å². The number of benzene rings is 1. The molecule has 0 spiro atoms. The van der Waals surface area contributed by atoms with Crippen molar-refractivity contribution in [2.24, 2.45) is 4.99 Å². The van der Waals surface area contributed by atoms with Gasteiger partial charge in [-0.3, -0.25) is 0 Å². The molecule has 1 fully saturated rings. The van der Waals surface area contributed by atoms with Gasteiger partial charge in [0, 0.05) is 18.7 Å². The average Bonchev–Trinajstić information content (AvgIpc) is 3.18. The van der Waals surface area contributed by atoms with Crippen LogP contribution in [0, 0.1) is 0 Å². The first-order chi connectivity index (χ1) is 10.3. The summed E-state index contributed by atoms with van der Waals surface area (Å²) < 4.78 is 16.3. The van der Waals surface area contributed by atoms with Crippen LogP contribution in [0.3, 0.4) is 0 Å². The van der Waals surface area contributed by atoms with Crippen molar-refractivity contribution in [2.45, 2.75) is 25.8 Å². The second-order valence-electron chi connectivity index (χ2n) is 5.04. The van der Waals surface area contributed by atoms with Gasteiger partial charge in [-0.15, -0.1) is 24.0 Å². The summed E-state index contributed by atoms with van der Waals surface area (Å²) in [7, 11) is 0. The number of halogens is 1. The summed E-state index contributed by atoms with van der Waals surface area (Å²) in [5.41, 5.74) is 0. The smallest absolute Gasteiger partial charge is 0.231 e. The van der Waals surface area contributed by atoms with E-state index in [4.69, 9.17) is 14.2 Å². The lowest BCUT2D eigenvalue weighted by Gasteiger charge is -2.10. The Morgan fingerprint density at radius 1 is 1.32 bits per heavy atom. The number of aliphatic imine (C=N–C) groups is 1. The molecule has 2 N–H and O–H groups in total. The SMILES string of the molecule is CCNC(=NCCOc1ccc2c(c1)OCO2)NC1CC1.I. The Labute approximate surface area is 147 Å². The van der Waals surface area contributed by atoms with Crippen LogP contribution in [0.5, 0.6) is 17.2 Å². The molecule has 7 heteroatoms. The maximum atomic E-state index is 5.68. The standard InChI is InChI=1S/C15H21N3O3.HI/c1-2-16-15(18-11-3-4-11)17-7-8-19-12-5-6-13-14(9-12)21-10-20-13;/h5-6,9,11H,2-4,7-8,10H2,1H3,(H2,16,17,18);1H. The molecule has 3 rings (SSSR count). The summed E-state index contributed by atoms with van der Waals surface area (Å²) in [5, 5.41) is 6.60. The van der Waals surface area contributed by atoms with Crippen LogP contribution >= 0.6 is 24.0 Å². The molecule has 1 aliphatic carbocycles. The predicted octanol–water partition coefficient (Wildman–Crippen LogP) is 2.13. The first kappa shape index (κ1) is 17.0. The van der Waals surface area contributed by atoms with Crippen LogP contribution in [0.2, 0.25) is 0 Å². The first-order valence-corrected chi connectivity index (χ1v) is 7.42. The summed E-state index contributed by atoms with van der Waals surface area (Å²) in [6, 6.07) is 6.18. The molecule has 0 radical (unpaired) electrons. The van der Waals surface area contributed by atoms with Gasteiger partial charge in [-0.2, -0.15) is 0 Å². The second-order valence-corrected chi connectivity index (χ2v) is 5.04. The van der Waals surface area contributed by atoms with Gasteiger partial charge in [0.25, 0.3) is 0 Å². The van der Waals surface area contributed by atoms with Gasteiger partial charge in [0.05, 0.1) is 6.54 Å². The zero-order chi connectivity index (χ0) is 14.5. The number of rotatable bonds is 6. The van der Waals surface area contributed by atoms with Gasteiger partial charge in [-0.1, -0.05) is 0 Å². The molecule has 22 heavy (non-hydrogen) atoms. The van der Waals surface area contributed by atoms with Gasteiger partial charge >= 0.3 is 0 Å². The van der Waals surface area contributed by atoms with Gasteiger partial charge in [-0.05, 0) is 31.9 Å². The molecule has 1 aromatic carbocycles. The van der Waals surface area contributed by atoms with Crippen molar-refractivity contribution in [3.63, 3.8) is 0 Å². The van der Waals surface area contributed by atoms with Crippen molar-refractivity contribution in [2.75, 3.05) is 26.5 Å². The number of nitrogens with zero attached hydrogens (tertiary/aromatic N) is 1. The lowest BCUT2D eigenvalue weighted by molar-refractivity contribution is 0.174. The maximum Gasteiger partial charge on any atom is 0.231 e. The number of hydrogen-bond donors (Lipinski definition) is 2. The molecule has 1 aromatic rings. The predicted molar refractivity (Wildman–Crippen MR) is 95.6 cm³/mol. The number of ether oxygens (including phenoxy) is 3. The Bertz CT molecular complexity index is 521. The molecular formula is C15H22IN3O3. The molecule has 0 amide bonds. The molecule has 1 aliphatic heterocycles. The number of guanidine groups is 1. The lowest BCUT2D eigenvalue weighted by atomic mass is 10.3. The van der Waals surface area contributed by atoms with Crippen LogP contribution in [-0.2, 0) is 0 Å². The molecule has 1 heterocycles. The summed E-state index contributed by atoms with van der Waals surface area (Å²) in [6.07, 6.45) is 2.47. The molecular weight excluding hydrogens is 397 g/mol. The van der Waals surface area contributed by atoms with Crippen LogP contribution in [-0.4, -0.2) is 38.5 Å². The van der Waals surface area contributed by atoms with Crippen molar-refractivity contribution in [1.29, 1.82) is 0 Å². The monoisotopic (exact) mass is 419 g/mol. The van der Waals surface area contributed by atoms with E-state index in [1.165, 1.54) is 12.8 Å². The van der Waals surface area contributed by atoms with E-state index < -0.39 is 0 Å². The minimum absolute atomic E-state index is 0. The van der Waals surface area contributed by atoms with Gasteiger partial charge < -0.3 is 24.8 Å². The molecule has 0 aromatic heterocycles. The highest BCUT2D eigenvalue weighted by atomic mass is 127. The second kappa shape index (κ2) is 8.30. The summed E-state index contributed by atoms with van der Waals surface area (Å²) in [4.78, 5) is 4.49. The van der Waals surface area contributed by atoms with Crippen LogP contribution < -0.4 is 24.8 Å². The first-order valence-electron chi connectivity index (χ1n) is 7.42. The van der Waals surface area contributed by atoms with Crippen molar-refractivity contribution in [3.05, 3.63) is 18.2 Å². The third-order valence-corrected chi connectivity index (χ3v) is 3.24. The van der Waals surface area contributed by atoms with Gasteiger partial charge in [0.15, 0.2) is 17.5 Å². The van der Waals surface area contributed by atoms with E-state index in [9.17, 15) is 0 Å². The van der Waals surface area contributed by atoms with Crippen LogP contribution in [0.1, 0.15) is 19.8 Å². The molecule has 2 aliphatic rings. The fourth-order valence-electron chi connectivity index (χ4n) is 2.03. The topological polar surface area (TPSA) is 64.1 Å². The Morgan fingerprint density at radius 3 is 2.91 bits per heavy atom. The van der Waals surface area contributed by atoms with E-state index in [1.807, 2.05) is 18.2 Å². The van der Waals surface area contributed by atoms with Crippen LogP contribution in [0.25, 0.3) is 0 Å². The van der Waals surface area contributed by atoms with Gasteiger partial charge in [0.2, 0.25) is 6.79 Å². The van der Waals surface area contributed by atoms with Crippen molar-refractivity contribution in [3.8, 4) is 17.2 Å². The zero-order valence-electron chi connectivity index (χ0n) is 12.6. The van der Waals surface area contributed by atoms with Crippen molar-refractivity contribution < 1.29 is 14.2 Å². The Balaban J connectivity index is 0.00000176. The Kier molecular flexibility index (Phi) is 6.41. The van der Waals surface area contributed by atoms with E-state index in [2.05, 4.69) is 22.5 Å². The number of hydrogen-bond acceptors (Lipinski definition) is 4. The normalized spacial score (nSPS) is 16.0. The molecule has 0 unspecified atom stereocenters. The highest BCUT2D eigenvalue weighted by Gasteiger charge is 2.22. The number of fused-ring (bicyclic) bond motifs is 1. The summed E-state index contributed by atoms with van der Waals surface area (Å²) in [5.74, 6) is 3.15. The molecule has 0 bridgehead atoms. The van der Waals surface area contributed by atoms with E-state index >= 15 is 0 Å². The highest BCUT2D eigenvalue weighted by Crippen LogP contribution is 2.34. The van der Waals surface area contributed by atoms with Gasteiger partial charge in [0.1, 0.15) is 12.4 Å². The molecule has 0 atom stereocenters. The minimum Gasteiger partial charge on any atom is -0.492 e. The third-order valence-electron chi connectivity index (χ3n) is 3.24. The van der Waals surface area contributed by atoms with Crippen LogP contribution in [0.4, 0.5) is 0 Å². The quantitative estimate of drug-likeness (QED) is 0.320. The van der Waals surface area contributed by atoms with E-state index in [1.54, 1.807) is 0 Å². The van der Waals surface area contributed by atoms with E-state index in [0.29, 0.717) is 19.2 Å². The summed E-state index contributed by atoms with van der Waals surface area (Å²) in [6.45, 7) is 4.34. The summed E-state index contributed by atoms with van der Waals surface area (Å²) >= 11 is 0.